The maximum absolute atomic E-state index is 13.8. The highest BCUT2D eigenvalue weighted by atomic mass is 16.6. The molecule has 0 saturated carbocycles. The molecule has 49 heavy (non-hydrogen) atoms. The fourth-order valence-corrected chi connectivity index (χ4v) is 5.95. The van der Waals surface area contributed by atoms with Gasteiger partial charge in [0.1, 0.15) is 24.4 Å². The van der Waals surface area contributed by atoms with E-state index < -0.39 is 30.5 Å². The molecule has 264 valence electrons. The van der Waals surface area contributed by atoms with E-state index in [4.69, 9.17) is 28.4 Å². The van der Waals surface area contributed by atoms with Gasteiger partial charge in [-0.3, -0.25) is 4.79 Å². The maximum Gasteiger partial charge on any atom is 0.223 e. The minimum Gasteiger partial charge on any atom is -0.375 e. The van der Waals surface area contributed by atoms with Crippen LogP contribution in [0, 0.1) is 5.92 Å². The predicted octanol–water partition coefficient (Wildman–Crippen LogP) is 6.84. The highest BCUT2D eigenvalue weighted by Crippen LogP contribution is 2.32. The summed E-state index contributed by atoms with van der Waals surface area (Å²) < 4.78 is 38.5. The molecule has 6 atom stereocenters. The van der Waals surface area contributed by atoms with Crippen molar-refractivity contribution in [3.05, 3.63) is 133 Å². The fourth-order valence-electron chi connectivity index (χ4n) is 5.95. The Bertz CT molecular complexity index is 1350. The molecule has 1 heterocycles. The van der Waals surface area contributed by atoms with E-state index in [9.17, 15) is 4.79 Å². The lowest BCUT2D eigenvalue weighted by Gasteiger charge is -2.46. The van der Waals surface area contributed by atoms with E-state index >= 15 is 0 Å². The molecule has 1 amide bonds. The third-order valence-corrected chi connectivity index (χ3v) is 8.17. The summed E-state index contributed by atoms with van der Waals surface area (Å²) in [5, 5.41) is 3.20. The molecule has 0 bridgehead atoms. The van der Waals surface area contributed by atoms with Gasteiger partial charge in [-0.15, -0.1) is 13.2 Å². The minimum absolute atomic E-state index is 0.0596. The fraction of sp³-hybridized carbons (Fsp3) is 0.439. The van der Waals surface area contributed by atoms with E-state index in [1.165, 1.54) is 0 Å². The zero-order valence-electron chi connectivity index (χ0n) is 29.0. The van der Waals surface area contributed by atoms with Crippen LogP contribution in [0.5, 0.6) is 0 Å². The quantitative estimate of drug-likeness (QED) is 0.0926. The van der Waals surface area contributed by atoms with Gasteiger partial charge in [0.25, 0.3) is 0 Å². The summed E-state index contributed by atoms with van der Waals surface area (Å²) in [6.45, 7) is 14.2. The van der Waals surface area contributed by atoms with Gasteiger partial charge in [0.15, 0.2) is 0 Å². The van der Waals surface area contributed by atoms with E-state index in [0.717, 1.165) is 23.1 Å². The molecule has 8 heteroatoms. The summed E-state index contributed by atoms with van der Waals surface area (Å²) >= 11 is 0. The highest BCUT2D eigenvalue weighted by molar-refractivity contribution is 5.77. The van der Waals surface area contributed by atoms with Gasteiger partial charge in [0.05, 0.1) is 64.8 Å². The number of nitrogens with one attached hydrogen (secondary N) is 1. The van der Waals surface area contributed by atoms with Crippen LogP contribution in [0.2, 0.25) is 0 Å². The highest BCUT2D eigenvalue weighted by Gasteiger charge is 2.49. The van der Waals surface area contributed by atoms with Crippen molar-refractivity contribution in [3.63, 3.8) is 0 Å². The number of benzene rings is 3. The van der Waals surface area contributed by atoms with E-state index in [0.29, 0.717) is 45.6 Å². The first-order valence-electron chi connectivity index (χ1n) is 17.3. The Morgan fingerprint density at radius 3 is 1.67 bits per heavy atom. The number of ether oxygens (including phenoxy) is 6. The Kier molecular flexibility index (Phi) is 16.7. The summed E-state index contributed by atoms with van der Waals surface area (Å²) in [5.74, 6) is 0.220. The summed E-state index contributed by atoms with van der Waals surface area (Å²) in [4.78, 5) is 13.8. The van der Waals surface area contributed by atoms with Gasteiger partial charge < -0.3 is 33.7 Å². The molecule has 0 aliphatic carbocycles. The molecule has 1 fully saturated rings. The Morgan fingerprint density at radius 2 is 1.18 bits per heavy atom. The number of rotatable bonds is 22. The van der Waals surface area contributed by atoms with E-state index in [1.807, 2.05) is 91.0 Å². The van der Waals surface area contributed by atoms with Crippen LogP contribution < -0.4 is 5.32 Å². The van der Waals surface area contributed by atoms with Crippen LogP contribution in [-0.4, -0.2) is 68.9 Å². The molecule has 0 aromatic heterocycles. The SMILES string of the molecule is C=CCOC[C@H](CC(C)C)NC(=O)C[C@@H]1O[C@H](COCC=C)[C@@H](OCc2ccccc2)[C@H](OCc2ccccc2)[C@H]1OCc1ccccc1. The minimum atomic E-state index is -0.646. The molecule has 0 radical (unpaired) electrons. The lowest BCUT2D eigenvalue weighted by molar-refractivity contribution is -0.271. The van der Waals surface area contributed by atoms with Crippen LogP contribution in [0.25, 0.3) is 0 Å². The number of hydrogen-bond donors (Lipinski definition) is 1. The Morgan fingerprint density at radius 1 is 0.714 bits per heavy atom. The molecular formula is C41H53NO7. The smallest absolute Gasteiger partial charge is 0.223 e. The molecule has 0 unspecified atom stereocenters. The van der Waals surface area contributed by atoms with Gasteiger partial charge in [-0.05, 0) is 29.0 Å². The van der Waals surface area contributed by atoms with E-state index in [1.54, 1.807) is 12.2 Å². The topological polar surface area (TPSA) is 84.5 Å². The van der Waals surface area contributed by atoms with Crippen LogP contribution in [0.4, 0.5) is 0 Å². The van der Waals surface area contributed by atoms with Gasteiger partial charge in [-0.2, -0.15) is 0 Å². The second kappa shape index (κ2) is 21.5. The summed E-state index contributed by atoms with van der Waals surface area (Å²) in [7, 11) is 0. The second-order valence-corrected chi connectivity index (χ2v) is 12.7. The first kappa shape index (κ1) is 38.2. The number of carbonyl (C=O) groups is 1. The van der Waals surface area contributed by atoms with Crippen molar-refractivity contribution in [3.8, 4) is 0 Å². The second-order valence-electron chi connectivity index (χ2n) is 12.7. The van der Waals surface area contributed by atoms with Crippen molar-refractivity contribution in [2.75, 3.05) is 26.4 Å². The average Bonchev–Trinajstić information content (AvgIpc) is 3.11. The summed E-state index contributed by atoms with van der Waals surface area (Å²) in [6, 6.07) is 29.8. The van der Waals surface area contributed by atoms with Crippen molar-refractivity contribution in [1.29, 1.82) is 0 Å². The third-order valence-electron chi connectivity index (χ3n) is 8.17. The average molecular weight is 672 g/mol. The lowest BCUT2D eigenvalue weighted by atomic mass is 9.92. The van der Waals surface area contributed by atoms with Crippen LogP contribution in [0.1, 0.15) is 43.4 Å². The van der Waals surface area contributed by atoms with Crippen molar-refractivity contribution in [2.24, 2.45) is 5.92 Å². The first-order valence-corrected chi connectivity index (χ1v) is 17.3. The molecule has 4 rings (SSSR count). The Labute approximate surface area is 292 Å². The van der Waals surface area contributed by atoms with Crippen LogP contribution >= 0.6 is 0 Å². The normalized spacial score (nSPS) is 21.2. The monoisotopic (exact) mass is 671 g/mol. The molecule has 1 aliphatic heterocycles. The zero-order chi connectivity index (χ0) is 34.7. The predicted molar refractivity (Wildman–Crippen MR) is 192 cm³/mol. The van der Waals surface area contributed by atoms with Gasteiger partial charge >= 0.3 is 0 Å². The number of amides is 1. The standard InChI is InChI=1S/C41H53NO7/c1-5-22-44-29-35(24-31(3)4)42-38(43)25-36-39(46-26-32-16-10-7-11-17-32)41(48-28-34-20-14-9-15-21-34)40(37(49-36)30-45-23-6-2)47-27-33-18-12-8-13-19-33/h5-21,31,35-37,39-41H,1-2,22-30H2,3-4H3,(H,42,43)/t35-,36-,37+,39-,40+,41+/m0/s1. The molecule has 1 aliphatic rings. The maximum atomic E-state index is 13.8. The van der Waals surface area contributed by atoms with Crippen LogP contribution in [-0.2, 0) is 53.0 Å². The third kappa shape index (κ3) is 13.3. The van der Waals surface area contributed by atoms with E-state index in [-0.39, 0.29) is 25.0 Å². The zero-order valence-corrected chi connectivity index (χ0v) is 29.0. The largest absolute Gasteiger partial charge is 0.375 e. The van der Waals surface area contributed by atoms with Crippen molar-refractivity contribution in [2.45, 2.75) is 83.1 Å². The number of hydrogen-bond acceptors (Lipinski definition) is 7. The summed E-state index contributed by atoms with van der Waals surface area (Å²) in [6.07, 6.45) is 1.28. The molecule has 3 aromatic carbocycles. The van der Waals surface area contributed by atoms with E-state index in [2.05, 4.69) is 32.3 Å². The molecule has 8 nitrogen and oxygen atoms in total. The van der Waals surface area contributed by atoms with Crippen LogP contribution in [0.3, 0.4) is 0 Å². The number of carbonyl (C=O) groups excluding carboxylic acids is 1. The van der Waals surface area contributed by atoms with Crippen molar-refractivity contribution >= 4 is 5.91 Å². The van der Waals surface area contributed by atoms with Crippen molar-refractivity contribution < 1.29 is 33.2 Å². The Balaban J connectivity index is 1.64. The first-order chi connectivity index (χ1) is 24.0. The van der Waals surface area contributed by atoms with Gasteiger partial charge in [-0.1, -0.05) is 117 Å². The molecule has 1 saturated heterocycles. The molecular weight excluding hydrogens is 618 g/mol. The van der Waals surface area contributed by atoms with Gasteiger partial charge in [0, 0.05) is 0 Å². The lowest BCUT2D eigenvalue weighted by Crippen LogP contribution is -2.62. The van der Waals surface area contributed by atoms with Crippen molar-refractivity contribution in [1.82, 2.24) is 5.32 Å². The molecule has 3 aromatic rings. The van der Waals surface area contributed by atoms with Gasteiger partial charge in [-0.25, -0.2) is 0 Å². The molecule has 1 N–H and O–H groups in total. The van der Waals surface area contributed by atoms with Crippen LogP contribution in [0.15, 0.2) is 116 Å². The summed E-state index contributed by atoms with van der Waals surface area (Å²) in [5.41, 5.74) is 3.04. The Hall–Kier alpha value is -3.63. The van der Waals surface area contributed by atoms with Gasteiger partial charge in [0.2, 0.25) is 5.91 Å². The molecule has 0 spiro atoms.